The second-order valence-electron chi connectivity index (χ2n) is 7.15. The average molecular weight is 380 g/mol. The first kappa shape index (κ1) is 18.3. The molecule has 146 valence electrons. The van der Waals surface area contributed by atoms with E-state index >= 15 is 0 Å². The SMILES string of the molecule is COc1ccccc1C(=O)Nc1ccc2c(c1)C(=O)N1CCCCC1CCO2. The lowest BCUT2D eigenvalue weighted by atomic mass is 9.97. The molecule has 0 saturated carbocycles. The van der Waals surface area contributed by atoms with Crippen LogP contribution in [-0.4, -0.2) is 43.0 Å². The molecule has 6 nitrogen and oxygen atoms in total. The molecule has 1 atom stereocenters. The molecule has 1 N–H and O–H groups in total. The van der Waals surface area contributed by atoms with Crippen molar-refractivity contribution in [3.8, 4) is 11.5 Å². The van der Waals surface area contributed by atoms with Gasteiger partial charge in [-0.05, 0) is 49.6 Å². The van der Waals surface area contributed by atoms with Crippen molar-refractivity contribution in [3.63, 3.8) is 0 Å². The van der Waals surface area contributed by atoms with Gasteiger partial charge in [-0.1, -0.05) is 12.1 Å². The maximum absolute atomic E-state index is 13.1. The second kappa shape index (κ2) is 7.92. The highest BCUT2D eigenvalue weighted by Crippen LogP contribution is 2.31. The Kier molecular flexibility index (Phi) is 5.19. The average Bonchev–Trinajstić information content (AvgIpc) is 2.73. The van der Waals surface area contributed by atoms with E-state index in [9.17, 15) is 9.59 Å². The van der Waals surface area contributed by atoms with Gasteiger partial charge in [-0.2, -0.15) is 0 Å². The van der Waals surface area contributed by atoms with Crippen LogP contribution >= 0.6 is 0 Å². The highest BCUT2D eigenvalue weighted by Gasteiger charge is 2.31. The fourth-order valence-corrected chi connectivity index (χ4v) is 3.96. The Morgan fingerprint density at radius 1 is 1.18 bits per heavy atom. The van der Waals surface area contributed by atoms with Crippen LogP contribution in [0.2, 0.25) is 0 Å². The third-order valence-electron chi connectivity index (χ3n) is 5.42. The van der Waals surface area contributed by atoms with Gasteiger partial charge in [-0.3, -0.25) is 9.59 Å². The van der Waals surface area contributed by atoms with Crippen molar-refractivity contribution in [2.24, 2.45) is 0 Å². The number of carbonyl (C=O) groups is 2. The first-order chi connectivity index (χ1) is 13.7. The van der Waals surface area contributed by atoms with Gasteiger partial charge in [0.1, 0.15) is 11.5 Å². The molecule has 0 radical (unpaired) electrons. The third kappa shape index (κ3) is 3.54. The largest absolute Gasteiger partial charge is 0.496 e. The third-order valence-corrected chi connectivity index (χ3v) is 5.42. The maximum Gasteiger partial charge on any atom is 0.259 e. The quantitative estimate of drug-likeness (QED) is 0.881. The van der Waals surface area contributed by atoms with Crippen LogP contribution in [0.1, 0.15) is 46.4 Å². The molecule has 1 unspecified atom stereocenters. The number of methoxy groups -OCH3 is 1. The number of ether oxygens (including phenoxy) is 2. The monoisotopic (exact) mass is 380 g/mol. The van der Waals surface area contributed by atoms with Gasteiger partial charge in [0.05, 0.1) is 24.8 Å². The molecule has 2 heterocycles. The van der Waals surface area contributed by atoms with E-state index in [2.05, 4.69) is 5.32 Å². The number of rotatable bonds is 3. The topological polar surface area (TPSA) is 67.9 Å². The molecule has 2 aromatic carbocycles. The summed E-state index contributed by atoms with van der Waals surface area (Å²) in [5, 5.41) is 2.87. The predicted octanol–water partition coefficient (Wildman–Crippen LogP) is 3.72. The van der Waals surface area contributed by atoms with E-state index in [4.69, 9.17) is 9.47 Å². The molecule has 4 rings (SSSR count). The lowest BCUT2D eigenvalue weighted by molar-refractivity contribution is 0.0548. The number of piperidine rings is 1. The van der Waals surface area contributed by atoms with Crippen molar-refractivity contribution in [2.45, 2.75) is 31.7 Å². The molecule has 0 bridgehead atoms. The number of amides is 2. The van der Waals surface area contributed by atoms with Gasteiger partial charge < -0.3 is 19.7 Å². The summed E-state index contributed by atoms with van der Waals surface area (Å²) in [7, 11) is 1.53. The zero-order valence-corrected chi connectivity index (χ0v) is 15.9. The molecule has 0 aliphatic carbocycles. The van der Waals surface area contributed by atoms with Gasteiger partial charge >= 0.3 is 0 Å². The van der Waals surface area contributed by atoms with Crippen LogP contribution in [0.15, 0.2) is 42.5 Å². The summed E-state index contributed by atoms with van der Waals surface area (Å²) in [6.45, 7) is 1.37. The van der Waals surface area contributed by atoms with Crippen LogP contribution in [0.5, 0.6) is 11.5 Å². The number of benzene rings is 2. The van der Waals surface area contributed by atoms with Crippen molar-refractivity contribution in [1.29, 1.82) is 0 Å². The maximum atomic E-state index is 13.1. The number of nitrogens with zero attached hydrogens (tertiary/aromatic N) is 1. The number of nitrogens with one attached hydrogen (secondary N) is 1. The smallest absolute Gasteiger partial charge is 0.259 e. The molecule has 0 aromatic heterocycles. The van der Waals surface area contributed by atoms with Gasteiger partial charge in [0, 0.05) is 24.7 Å². The summed E-state index contributed by atoms with van der Waals surface area (Å²) in [6, 6.07) is 12.5. The Morgan fingerprint density at radius 3 is 2.89 bits per heavy atom. The first-order valence-electron chi connectivity index (χ1n) is 9.69. The Hall–Kier alpha value is -3.02. The second-order valence-corrected chi connectivity index (χ2v) is 7.15. The van der Waals surface area contributed by atoms with E-state index in [-0.39, 0.29) is 17.9 Å². The number of hydrogen-bond donors (Lipinski definition) is 1. The molecule has 6 heteroatoms. The fourth-order valence-electron chi connectivity index (χ4n) is 3.96. The van der Waals surface area contributed by atoms with Gasteiger partial charge in [0.15, 0.2) is 0 Å². The Bertz CT molecular complexity index is 896. The summed E-state index contributed by atoms with van der Waals surface area (Å²) < 4.78 is 11.1. The molecule has 28 heavy (non-hydrogen) atoms. The molecule has 1 fully saturated rings. The fraction of sp³-hybridized carbons (Fsp3) is 0.364. The molecule has 2 aliphatic rings. The van der Waals surface area contributed by atoms with Crippen LogP contribution in [-0.2, 0) is 0 Å². The summed E-state index contributed by atoms with van der Waals surface area (Å²) in [6.07, 6.45) is 4.06. The molecule has 2 amide bonds. The van der Waals surface area contributed by atoms with E-state index in [1.54, 1.807) is 36.4 Å². The van der Waals surface area contributed by atoms with Crippen LogP contribution in [0.25, 0.3) is 0 Å². The van der Waals surface area contributed by atoms with Gasteiger partial charge in [-0.15, -0.1) is 0 Å². The highest BCUT2D eigenvalue weighted by atomic mass is 16.5. The van der Waals surface area contributed by atoms with Crippen LogP contribution < -0.4 is 14.8 Å². The van der Waals surface area contributed by atoms with E-state index in [1.807, 2.05) is 11.0 Å². The van der Waals surface area contributed by atoms with Gasteiger partial charge in [-0.25, -0.2) is 0 Å². The molecule has 0 spiro atoms. The summed E-state index contributed by atoms with van der Waals surface area (Å²) >= 11 is 0. The van der Waals surface area contributed by atoms with E-state index < -0.39 is 0 Å². The number of anilines is 1. The van der Waals surface area contributed by atoms with Crippen molar-refractivity contribution < 1.29 is 19.1 Å². The zero-order valence-electron chi connectivity index (χ0n) is 15.9. The van der Waals surface area contributed by atoms with Crippen molar-refractivity contribution in [2.75, 3.05) is 25.6 Å². The minimum atomic E-state index is -0.285. The predicted molar refractivity (Wildman–Crippen MR) is 106 cm³/mol. The number of hydrogen-bond acceptors (Lipinski definition) is 4. The first-order valence-corrected chi connectivity index (χ1v) is 9.69. The minimum absolute atomic E-state index is 0.0206. The van der Waals surface area contributed by atoms with Gasteiger partial charge in [0.25, 0.3) is 11.8 Å². The lowest BCUT2D eigenvalue weighted by Gasteiger charge is -2.37. The molecule has 1 saturated heterocycles. The molecular weight excluding hydrogens is 356 g/mol. The Balaban J connectivity index is 1.61. The molecule has 2 aliphatic heterocycles. The molecule has 2 aromatic rings. The standard InChI is InChI=1S/C22H24N2O4/c1-27-19-8-3-2-7-17(19)21(25)23-15-9-10-20-18(14-15)22(26)24-12-5-4-6-16(24)11-13-28-20/h2-3,7-10,14,16H,4-6,11-13H2,1H3,(H,23,25). The number of carbonyl (C=O) groups excluding carboxylic acids is 2. The summed E-state index contributed by atoms with van der Waals surface area (Å²) in [5.74, 6) is 0.770. The van der Waals surface area contributed by atoms with Crippen LogP contribution in [0.4, 0.5) is 5.69 Å². The summed E-state index contributed by atoms with van der Waals surface area (Å²) in [5.41, 5.74) is 1.50. The van der Waals surface area contributed by atoms with Crippen LogP contribution in [0, 0.1) is 0 Å². The number of fused-ring (bicyclic) bond motifs is 2. The lowest BCUT2D eigenvalue weighted by Crippen LogP contribution is -2.45. The van der Waals surface area contributed by atoms with Crippen molar-refractivity contribution in [3.05, 3.63) is 53.6 Å². The van der Waals surface area contributed by atoms with E-state index in [0.29, 0.717) is 34.9 Å². The Labute approximate surface area is 164 Å². The minimum Gasteiger partial charge on any atom is -0.496 e. The van der Waals surface area contributed by atoms with Crippen molar-refractivity contribution >= 4 is 17.5 Å². The summed E-state index contributed by atoms with van der Waals surface area (Å²) in [4.78, 5) is 27.8. The Morgan fingerprint density at radius 2 is 2.04 bits per heavy atom. The van der Waals surface area contributed by atoms with Crippen LogP contribution in [0.3, 0.4) is 0 Å². The normalized spacial score (nSPS) is 18.8. The van der Waals surface area contributed by atoms with E-state index in [1.165, 1.54) is 7.11 Å². The van der Waals surface area contributed by atoms with Gasteiger partial charge in [0.2, 0.25) is 0 Å². The molecular formula is C22H24N2O4. The van der Waals surface area contributed by atoms with E-state index in [0.717, 1.165) is 32.2 Å². The highest BCUT2D eigenvalue weighted by molar-refractivity contribution is 6.07. The number of para-hydroxylation sites is 1. The van der Waals surface area contributed by atoms with Crippen molar-refractivity contribution in [1.82, 2.24) is 4.90 Å². The zero-order chi connectivity index (χ0) is 19.5.